The minimum Gasteiger partial charge on any atom is -0.351 e. The first-order valence-corrected chi connectivity index (χ1v) is 11.5. The van der Waals surface area contributed by atoms with Crippen LogP contribution in [0, 0.1) is 0 Å². The minimum atomic E-state index is -0.0402. The molecule has 27 heavy (non-hydrogen) atoms. The van der Waals surface area contributed by atoms with E-state index < -0.39 is 0 Å². The zero-order valence-corrected chi connectivity index (χ0v) is 17.0. The van der Waals surface area contributed by atoms with Gasteiger partial charge < -0.3 is 5.32 Å². The molecule has 2 heterocycles. The summed E-state index contributed by atoms with van der Waals surface area (Å²) in [4.78, 5) is 18.8. The maximum atomic E-state index is 12.7. The normalized spacial score (nSPS) is 11.0. The molecule has 0 fully saturated rings. The SMILES string of the molecule is O=C(NCCSCc1cccs1)c1ccccc1-c1nc2ccccc2s1. The Morgan fingerprint density at radius 2 is 1.89 bits per heavy atom. The fourth-order valence-corrected chi connectivity index (χ4v) is 5.46. The summed E-state index contributed by atoms with van der Waals surface area (Å²) < 4.78 is 1.13. The van der Waals surface area contributed by atoms with E-state index in [4.69, 9.17) is 4.98 Å². The highest BCUT2D eigenvalue weighted by Gasteiger charge is 2.15. The molecule has 136 valence electrons. The molecule has 2 aromatic carbocycles. The van der Waals surface area contributed by atoms with E-state index in [0.717, 1.165) is 32.3 Å². The molecule has 0 saturated heterocycles. The Balaban J connectivity index is 1.41. The number of aromatic nitrogens is 1. The summed E-state index contributed by atoms with van der Waals surface area (Å²) >= 11 is 5.23. The molecule has 0 atom stereocenters. The number of nitrogens with zero attached hydrogens (tertiary/aromatic N) is 1. The van der Waals surface area contributed by atoms with Gasteiger partial charge in [0.1, 0.15) is 5.01 Å². The Kier molecular flexibility index (Phi) is 5.87. The maximum absolute atomic E-state index is 12.7. The lowest BCUT2D eigenvalue weighted by Crippen LogP contribution is -2.26. The zero-order chi connectivity index (χ0) is 18.5. The van der Waals surface area contributed by atoms with Crippen LogP contribution in [0.25, 0.3) is 20.8 Å². The second-order valence-electron chi connectivity index (χ2n) is 5.92. The van der Waals surface area contributed by atoms with Crippen molar-refractivity contribution < 1.29 is 4.79 Å². The predicted octanol–water partition coefficient (Wildman–Crippen LogP) is 5.69. The molecule has 0 aliphatic rings. The van der Waals surface area contributed by atoms with Gasteiger partial charge in [0.05, 0.1) is 10.2 Å². The van der Waals surface area contributed by atoms with Gasteiger partial charge in [0.2, 0.25) is 0 Å². The van der Waals surface area contributed by atoms with Crippen molar-refractivity contribution in [2.75, 3.05) is 12.3 Å². The van der Waals surface area contributed by atoms with Crippen LogP contribution in [0.1, 0.15) is 15.2 Å². The highest BCUT2D eigenvalue weighted by Crippen LogP contribution is 2.32. The molecule has 4 rings (SSSR count). The summed E-state index contributed by atoms with van der Waals surface area (Å²) in [6.07, 6.45) is 0. The van der Waals surface area contributed by atoms with Crippen molar-refractivity contribution in [1.29, 1.82) is 0 Å². The second kappa shape index (κ2) is 8.69. The van der Waals surface area contributed by atoms with Crippen LogP contribution in [0.15, 0.2) is 66.0 Å². The Bertz CT molecular complexity index is 1010. The van der Waals surface area contributed by atoms with Crippen molar-refractivity contribution >= 4 is 50.6 Å². The van der Waals surface area contributed by atoms with Crippen molar-refractivity contribution in [2.45, 2.75) is 5.75 Å². The van der Waals surface area contributed by atoms with Gasteiger partial charge in [-0.05, 0) is 29.6 Å². The number of fused-ring (bicyclic) bond motifs is 1. The number of hydrogen-bond acceptors (Lipinski definition) is 5. The van der Waals surface area contributed by atoms with Gasteiger partial charge in [-0.3, -0.25) is 4.79 Å². The van der Waals surface area contributed by atoms with E-state index in [1.54, 1.807) is 22.7 Å². The van der Waals surface area contributed by atoms with Crippen LogP contribution in [-0.2, 0) is 5.75 Å². The first-order chi connectivity index (χ1) is 13.3. The van der Waals surface area contributed by atoms with E-state index in [-0.39, 0.29) is 5.91 Å². The van der Waals surface area contributed by atoms with Gasteiger partial charge in [0.15, 0.2) is 0 Å². The van der Waals surface area contributed by atoms with Crippen molar-refractivity contribution in [3.05, 3.63) is 76.5 Å². The molecule has 0 radical (unpaired) electrons. The van der Waals surface area contributed by atoms with E-state index in [1.807, 2.05) is 54.2 Å². The van der Waals surface area contributed by atoms with E-state index in [0.29, 0.717) is 12.1 Å². The number of nitrogens with one attached hydrogen (secondary N) is 1. The van der Waals surface area contributed by atoms with Crippen molar-refractivity contribution in [1.82, 2.24) is 10.3 Å². The molecule has 1 amide bonds. The lowest BCUT2D eigenvalue weighted by molar-refractivity contribution is 0.0957. The molecule has 0 spiro atoms. The largest absolute Gasteiger partial charge is 0.351 e. The number of thiazole rings is 1. The highest BCUT2D eigenvalue weighted by molar-refractivity contribution is 7.98. The lowest BCUT2D eigenvalue weighted by atomic mass is 10.1. The summed E-state index contributed by atoms with van der Waals surface area (Å²) in [6.45, 7) is 0.656. The molecular formula is C21H18N2OS3. The summed E-state index contributed by atoms with van der Waals surface area (Å²) in [5.41, 5.74) is 2.54. The number of thioether (sulfide) groups is 1. The van der Waals surface area contributed by atoms with Gasteiger partial charge in [-0.25, -0.2) is 4.98 Å². The molecular weight excluding hydrogens is 392 g/mol. The van der Waals surface area contributed by atoms with Gasteiger partial charge in [0.25, 0.3) is 5.91 Å². The third kappa shape index (κ3) is 4.40. The first-order valence-electron chi connectivity index (χ1n) is 8.64. The second-order valence-corrected chi connectivity index (χ2v) is 9.09. The fraction of sp³-hybridized carbons (Fsp3) is 0.143. The summed E-state index contributed by atoms with van der Waals surface area (Å²) in [6, 6.07) is 20.0. The van der Waals surface area contributed by atoms with Crippen molar-refractivity contribution in [2.24, 2.45) is 0 Å². The van der Waals surface area contributed by atoms with Gasteiger partial charge >= 0.3 is 0 Å². The molecule has 4 aromatic rings. The minimum absolute atomic E-state index is 0.0402. The average Bonchev–Trinajstić information content (AvgIpc) is 3.37. The fourth-order valence-electron chi connectivity index (χ4n) is 2.75. The molecule has 0 bridgehead atoms. The van der Waals surface area contributed by atoms with Gasteiger partial charge in [0, 0.05) is 34.1 Å². The predicted molar refractivity (Wildman–Crippen MR) is 118 cm³/mol. The topological polar surface area (TPSA) is 42.0 Å². The lowest BCUT2D eigenvalue weighted by Gasteiger charge is -2.08. The number of rotatable bonds is 7. The Labute approximate surface area is 170 Å². The smallest absolute Gasteiger partial charge is 0.252 e. The summed E-state index contributed by atoms with van der Waals surface area (Å²) in [5, 5.41) is 6.02. The average molecular weight is 411 g/mol. The standard InChI is InChI=1S/C21H18N2OS3/c24-20(22-11-13-25-14-15-6-5-12-26-15)16-7-1-2-8-17(16)21-23-18-9-3-4-10-19(18)27-21/h1-10,12H,11,13-14H2,(H,22,24). The maximum Gasteiger partial charge on any atom is 0.252 e. The third-order valence-corrected chi connectivity index (χ3v) is 7.19. The van der Waals surface area contributed by atoms with Gasteiger partial charge in [-0.1, -0.05) is 36.4 Å². The Morgan fingerprint density at radius 3 is 2.74 bits per heavy atom. The molecule has 6 heteroatoms. The Hall–Kier alpha value is -2.15. The monoisotopic (exact) mass is 410 g/mol. The van der Waals surface area contributed by atoms with Gasteiger partial charge in [-0.2, -0.15) is 11.8 Å². The quantitative estimate of drug-likeness (QED) is 0.398. The van der Waals surface area contributed by atoms with Crippen LogP contribution in [0.3, 0.4) is 0 Å². The molecule has 0 aliphatic heterocycles. The van der Waals surface area contributed by atoms with Gasteiger partial charge in [-0.15, -0.1) is 22.7 Å². The number of carbonyl (C=O) groups excluding carboxylic acids is 1. The van der Waals surface area contributed by atoms with E-state index in [2.05, 4.69) is 28.9 Å². The molecule has 2 aromatic heterocycles. The van der Waals surface area contributed by atoms with Crippen molar-refractivity contribution in [3.8, 4) is 10.6 Å². The molecule has 1 N–H and O–H groups in total. The van der Waals surface area contributed by atoms with Crippen LogP contribution >= 0.6 is 34.4 Å². The molecule has 0 unspecified atom stereocenters. The first kappa shape index (κ1) is 18.2. The summed E-state index contributed by atoms with van der Waals surface area (Å²) in [7, 11) is 0. The number of carbonyl (C=O) groups is 1. The van der Waals surface area contributed by atoms with Crippen LogP contribution in [0.5, 0.6) is 0 Å². The van der Waals surface area contributed by atoms with E-state index >= 15 is 0 Å². The zero-order valence-electron chi connectivity index (χ0n) is 14.6. The molecule has 3 nitrogen and oxygen atoms in total. The molecule has 0 saturated carbocycles. The van der Waals surface area contributed by atoms with Crippen LogP contribution in [0.4, 0.5) is 0 Å². The molecule has 0 aliphatic carbocycles. The van der Waals surface area contributed by atoms with Crippen LogP contribution < -0.4 is 5.32 Å². The van der Waals surface area contributed by atoms with Crippen LogP contribution in [-0.4, -0.2) is 23.2 Å². The Morgan fingerprint density at radius 1 is 1.04 bits per heavy atom. The number of benzene rings is 2. The van der Waals surface area contributed by atoms with Crippen LogP contribution in [0.2, 0.25) is 0 Å². The number of amides is 1. The highest BCUT2D eigenvalue weighted by atomic mass is 32.2. The van der Waals surface area contributed by atoms with Crippen molar-refractivity contribution in [3.63, 3.8) is 0 Å². The third-order valence-electron chi connectivity index (χ3n) is 4.05. The number of para-hydroxylation sites is 1. The van der Waals surface area contributed by atoms with E-state index in [9.17, 15) is 4.79 Å². The van der Waals surface area contributed by atoms with E-state index in [1.165, 1.54) is 4.88 Å². The number of thiophene rings is 1. The summed E-state index contributed by atoms with van der Waals surface area (Å²) in [5.74, 6) is 1.85. The number of hydrogen-bond donors (Lipinski definition) is 1.